The second-order valence-corrected chi connectivity index (χ2v) is 9.03. The van der Waals surface area contributed by atoms with E-state index in [1.807, 2.05) is 24.3 Å². The zero-order chi connectivity index (χ0) is 24.4. The monoisotopic (exact) mass is 464 g/mol. The molecule has 2 aromatic carbocycles. The summed E-state index contributed by atoms with van der Waals surface area (Å²) in [6.45, 7) is 10.7. The van der Waals surface area contributed by atoms with Crippen molar-refractivity contribution >= 4 is 34.2 Å². The van der Waals surface area contributed by atoms with Gasteiger partial charge in [0.15, 0.2) is 0 Å². The third-order valence-electron chi connectivity index (χ3n) is 6.90. The van der Waals surface area contributed by atoms with E-state index in [1.54, 1.807) is 6.26 Å². The molecular formula is C30H32N4O. The molecule has 0 saturated heterocycles. The van der Waals surface area contributed by atoms with Crippen LogP contribution in [-0.2, 0) is 0 Å². The van der Waals surface area contributed by atoms with Crippen LogP contribution in [0.15, 0.2) is 88.6 Å². The third-order valence-corrected chi connectivity index (χ3v) is 6.90. The van der Waals surface area contributed by atoms with E-state index in [1.165, 1.54) is 22.2 Å². The van der Waals surface area contributed by atoms with Crippen molar-refractivity contribution in [3.8, 4) is 0 Å². The normalized spacial score (nSPS) is 17.9. The molecule has 0 radical (unpaired) electrons. The molecule has 0 bridgehead atoms. The molecule has 0 spiro atoms. The lowest BCUT2D eigenvalue weighted by Gasteiger charge is -2.27. The summed E-state index contributed by atoms with van der Waals surface area (Å²) in [6, 6.07) is 23.3. The molecule has 0 amide bonds. The van der Waals surface area contributed by atoms with E-state index in [2.05, 4.69) is 92.2 Å². The summed E-state index contributed by atoms with van der Waals surface area (Å²) in [5, 5.41) is 8.35. The molecule has 2 unspecified atom stereocenters. The first-order chi connectivity index (χ1) is 17.1. The topological polar surface area (TPSA) is 44.9 Å². The average molecular weight is 465 g/mol. The molecule has 0 fully saturated rings. The Bertz CT molecular complexity index is 1350. The number of nitrogens with zero attached hydrogens (tertiary/aromatic N) is 4. The van der Waals surface area contributed by atoms with Crippen LogP contribution >= 0.6 is 0 Å². The van der Waals surface area contributed by atoms with Crippen LogP contribution in [0.2, 0.25) is 0 Å². The minimum absolute atomic E-state index is 0.0464. The van der Waals surface area contributed by atoms with Crippen LogP contribution in [0.25, 0.3) is 17.0 Å². The fourth-order valence-corrected chi connectivity index (χ4v) is 4.93. The summed E-state index contributed by atoms with van der Waals surface area (Å²) in [6.07, 6.45) is 5.74. The number of anilines is 2. The minimum atomic E-state index is 0.0464. The summed E-state index contributed by atoms with van der Waals surface area (Å²) in [5.74, 6) is 1.86. The standard InChI is InChI=1S/C30H32N4O/c1-5-33(6-2)24-15-13-23(14-16-24)30-22(4)27(18-17-25-10-9-19-35-25)32-34(30)29-20-21(3)26-11-7-8-12-28(26)31-29/h7-20,22,30H,5-6H2,1-4H3. The molecule has 1 aliphatic heterocycles. The number of aromatic nitrogens is 1. The molecule has 0 saturated carbocycles. The molecule has 3 heterocycles. The van der Waals surface area contributed by atoms with Gasteiger partial charge >= 0.3 is 0 Å². The SMILES string of the molecule is CCN(CC)c1ccc(C2C(C)C(C=Cc3ccco3)=NN2c2cc(C)c3ccccc3n2)cc1. The number of furan rings is 1. The average Bonchev–Trinajstić information content (AvgIpc) is 3.52. The molecule has 178 valence electrons. The van der Waals surface area contributed by atoms with E-state index >= 15 is 0 Å². The van der Waals surface area contributed by atoms with Gasteiger partial charge in [-0.15, -0.1) is 0 Å². The molecule has 35 heavy (non-hydrogen) atoms. The van der Waals surface area contributed by atoms with Crippen molar-refractivity contribution in [2.45, 2.75) is 33.7 Å². The van der Waals surface area contributed by atoms with E-state index in [4.69, 9.17) is 14.5 Å². The second-order valence-electron chi connectivity index (χ2n) is 9.03. The highest BCUT2D eigenvalue weighted by atomic mass is 16.3. The van der Waals surface area contributed by atoms with E-state index in [0.717, 1.165) is 35.9 Å². The van der Waals surface area contributed by atoms with Crippen LogP contribution in [-0.4, -0.2) is 23.8 Å². The summed E-state index contributed by atoms with van der Waals surface area (Å²) in [5.41, 5.74) is 5.66. The van der Waals surface area contributed by atoms with Gasteiger partial charge in [-0.1, -0.05) is 37.3 Å². The Morgan fingerprint density at radius 3 is 2.46 bits per heavy atom. The maximum absolute atomic E-state index is 5.50. The molecule has 4 aromatic rings. The molecule has 5 heteroatoms. The fraction of sp³-hybridized carbons (Fsp3) is 0.267. The first-order valence-corrected chi connectivity index (χ1v) is 12.4. The van der Waals surface area contributed by atoms with Crippen molar-refractivity contribution in [2.24, 2.45) is 11.0 Å². The van der Waals surface area contributed by atoms with Gasteiger partial charge in [-0.25, -0.2) is 9.99 Å². The molecule has 5 nitrogen and oxygen atoms in total. The molecule has 5 rings (SSSR count). The van der Waals surface area contributed by atoms with E-state index in [0.29, 0.717) is 0 Å². The number of allylic oxidation sites excluding steroid dienone is 1. The van der Waals surface area contributed by atoms with Crippen molar-refractivity contribution in [2.75, 3.05) is 23.0 Å². The predicted molar refractivity (Wildman–Crippen MR) is 146 cm³/mol. The van der Waals surface area contributed by atoms with Crippen LogP contribution in [0, 0.1) is 12.8 Å². The molecule has 2 aromatic heterocycles. The van der Waals surface area contributed by atoms with Gasteiger partial charge in [0, 0.05) is 30.1 Å². The first-order valence-electron chi connectivity index (χ1n) is 12.4. The minimum Gasteiger partial charge on any atom is -0.465 e. The lowest BCUT2D eigenvalue weighted by molar-refractivity contribution is 0.557. The zero-order valence-electron chi connectivity index (χ0n) is 20.8. The van der Waals surface area contributed by atoms with Crippen molar-refractivity contribution in [1.29, 1.82) is 0 Å². The van der Waals surface area contributed by atoms with Crippen LogP contribution in [0.1, 0.15) is 43.7 Å². The second kappa shape index (κ2) is 9.79. The van der Waals surface area contributed by atoms with Crippen LogP contribution in [0.5, 0.6) is 0 Å². The van der Waals surface area contributed by atoms with Gasteiger partial charge in [-0.3, -0.25) is 0 Å². The largest absolute Gasteiger partial charge is 0.465 e. The zero-order valence-corrected chi connectivity index (χ0v) is 20.8. The Balaban J connectivity index is 1.56. The van der Waals surface area contributed by atoms with Gasteiger partial charge in [0.25, 0.3) is 0 Å². The van der Waals surface area contributed by atoms with E-state index in [-0.39, 0.29) is 12.0 Å². The predicted octanol–water partition coefficient (Wildman–Crippen LogP) is 7.25. The molecule has 1 aliphatic rings. The van der Waals surface area contributed by atoms with Crippen molar-refractivity contribution < 1.29 is 4.42 Å². The number of hydrogen-bond donors (Lipinski definition) is 0. The van der Waals surface area contributed by atoms with Gasteiger partial charge < -0.3 is 9.32 Å². The number of aryl methyl sites for hydroxylation is 1. The van der Waals surface area contributed by atoms with Gasteiger partial charge in [-0.2, -0.15) is 5.10 Å². The number of pyridine rings is 1. The molecule has 2 atom stereocenters. The van der Waals surface area contributed by atoms with Crippen molar-refractivity contribution in [3.63, 3.8) is 0 Å². The number of rotatable bonds is 7. The van der Waals surface area contributed by atoms with Crippen LogP contribution in [0.3, 0.4) is 0 Å². The summed E-state index contributed by atoms with van der Waals surface area (Å²) >= 11 is 0. The Hall–Kier alpha value is -3.86. The number of benzene rings is 2. The maximum atomic E-state index is 5.50. The van der Waals surface area contributed by atoms with Gasteiger partial charge in [0.2, 0.25) is 0 Å². The van der Waals surface area contributed by atoms with Crippen molar-refractivity contribution in [1.82, 2.24) is 4.98 Å². The number of para-hydroxylation sites is 1. The lowest BCUT2D eigenvalue weighted by atomic mass is 9.91. The van der Waals surface area contributed by atoms with E-state index in [9.17, 15) is 0 Å². The van der Waals surface area contributed by atoms with Crippen LogP contribution in [0.4, 0.5) is 11.5 Å². The quantitative estimate of drug-likeness (QED) is 0.289. The summed E-state index contributed by atoms with van der Waals surface area (Å²) in [7, 11) is 0. The smallest absolute Gasteiger partial charge is 0.150 e. The summed E-state index contributed by atoms with van der Waals surface area (Å²) in [4.78, 5) is 7.38. The van der Waals surface area contributed by atoms with Crippen molar-refractivity contribution in [3.05, 3.63) is 96.0 Å². The maximum Gasteiger partial charge on any atom is 0.150 e. The van der Waals surface area contributed by atoms with Gasteiger partial charge in [0.05, 0.1) is 23.5 Å². The Morgan fingerprint density at radius 1 is 0.971 bits per heavy atom. The van der Waals surface area contributed by atoms with Crippen LogP contribution < -0.4 is 9.91 Å². The highest BCUT2D eigenvalue weighted by Gasteiger charge is 2.36. The molecular weight excluding hydrogens is 432 g/mol. The molecule has 0 aliphatic carbocycles. The highest BCUT2D eigenvalue weighted by Crippen LogP contribution is 2.40. The number of hydrogen-bond acceptors (Lipinski definition) is 5. The highest BCUT2D eigenvalue weighted by molar-refractivity contribution is 6.02. The Morgan fingerprint density at radius 2 is 1.74 bits per heavy atom. The van der Waals surface area contributed by atoms with E-state index < -0.39 is 0 Å². The molecule has 0 N–H and O–H groups in total. The van der Waals surface area contributed by atoms with Gasteiger partial charge in [-0.05, 0) is 80.4 Å². The van der Waals surface area contributed by atoms with Gasteiger partial charge in [0.1, 0.15) is 11.6 Å². The first kappa shape index (κ1) is 22.9. The summed E-state index contributed by atoms with van der Waals surface area (Å²) < 4.78 is 5.50. The Labute approximate surface area is 207 Å². The fourth-order valence-electron chi connectivity index (χ4n) is 4.93. The lowest BCUT2D eigenvalue weighted by Crippen LogP contribution is -2.25. The number of fused-ring (bicyclic) bond motifs is 1. The third kappa shape index (κ3) is 4.46. The Kier molecular flexibility index (Phi) is 6.41. The number of hydrazone groups is 1.